The van der Waals surface area contributed by atoms with Gasteiger partial charge in [-0.15, -0.1) is 0 Å². The van der Waals surface area contributed by atoms with Gasteiger partial charge < -0.3 is 15.3 Å². The zero-order valence-corrected chi connectivity index (χ0v) is 12.5. The van der Waals surface area contributed by atoms with Crippen molar-refractivity contribution in [3.8, 4) is 0 Å². The highest BCUT2D eigenvalue weighted by Crippen LogP contribution is 2.24. The van der Waals surface area contributed by atoms with Gasteiger partial charge in [0.15, 0.2) is 0 Å². The highest BCUT2D eigenvalue weighted by atomic mass is 16.3. The molecule has 1 aliphatic heterocycles. The van der Waals surface area contributed by atoms with E-state index in [1.807, 2.05) is 12.1 Å². The van der Waals surface area contributed by atoms with Crippen LogP contribution in [0.3, 0.4) is 0 Å². The quantitative estimate of drug-likeness (QED) is 0.893. The summed E-state index contributed by atoms with van der Waals surface area (Å²) < 4.78 is 0. The summed E-state index contributed by atoms with van der Waals surface area (Å²) in [5.41, 5.74) is 1.37. The van der Waals surface area contributed by atoms with Crippen LogP contribution in [0, 0.1) is 5.92 Å². The summed E-state index contributed by atoms with van der Waals surface area (Å²) in [6.45, 7) is 4.49. The number of carbonyl (C=O) groups excluding carboxylic acids is 2. The average molecular weight is 290 g/mol. The lowest BCUT2D eigenvalue weighted by atomic mass is 9.95. The molecule has 114 valence electrons. The lowest BCUT2D eigenvalue weighted by molar-refractivity contribution is -0.132. The van der Waals surface area contributed by atoms with Crippen molar-refractivity contribution in [1.29, 1.82) is 0 Å². The van der Waals surface area contributed by atoms with E-state index in [-0.39, 0.29) is 17.7 Å². The Morgan fingerprint density at radius 2 is 1.90 bits per heavy atom. The highest BCUT2D eigenvalue weighted by molar-refractivity contribution is 5.93. The number of hydrogen-bond acceptors (Lipinski definition) is 3. The monoisotopic (exact) mass is 290 g/mol. The van der Waals surface area contributed by atoms with Crippen molar-refractivity contribution in [2.24, 2.45) is 5.92 Å². The topological polar surface area (TPSA) is 69.6 Å². The molecule has 0 saturated carbocycles. The molecule has 1 atom stereocenters. The Labute approximate surface area is 125 Å². The van der Waals surface area contributed by atoms with Gasteiger partial charge >= 0.3 is 0 Å². The zero-order chi connectivity index (χ0) is 15.4. The van der Waals surface area contributed by atoms with Gasteiger partial charge in [0, 0.05) is 37.2 Å². The van der Waals surface area contributed by atoms with Crippen LogP contribution < -0.4 is 5.32 Å². The van der Waals surface area contributed by atoms with E-state index in [1.54, 1.807) is 30.9 Å². The van der Waals surface area contributed by atoms with Crippen molar-refractivity contribution in [3.63, 3.8) is 0 Å². The molecule has 1 aromatic carbocycles. The summed E-state index contributed by atoms with van der Waals surface area (Å²) in [4.78, 5) is 25.4. The SMILES string of the molecule is CC(=O)N1CCC(C(=O)Nc2ccccc2C(C)O)CC1. The molecule has 2 amide bonds. The van der Waals surface area contributed by atoms with Crippen LogP contribution in [-0.4, -0.2) is 34.9 Å². The summed E-state index contributed by atoms with van der Waals surface area (Å²) in [7, 11) is 0. The normalized spacial score (nSPS) is 17.4. The van der Waals surface area contributed by atoms with Crippen LogP contribution in [0.2, 0.25) is 0 Å². The van der Waals surface area contributed by atoms with Gasteiger partial charge in [-0.2, -0.15) is 0 Å². The minimum atomic E-state index is -0.624. The van der Waals surface area contributed by atoms with Gasteiger partial charge in [-0.05, 0) is 25.8 Å². The number of para-hydroxylation sites is 1. The van der Waals surface area contributed by atoms with Gasteiger partial charge in [-0.1, -0.05) is 18.2 Å². The first-order valence-electron chi connectivity index (χ1n) is 7.32. The number of piperidine rings is 1. The second kappa shape index (κ2) is 6.72. The first-order valence-corrected chi connectivity index (χ1v) is 7.32. The molecular formula is C16H22N2O3. The van der Waals surface area contributed by atoms with Crippen LogP contribution in [0.4, 0.5) is 5.69 Å². The van der Waals surface area contributed by atoms with Crippen molar-refractivity contribution in [2.45, 2.75) is 32.8 Å². The molecule has 1 unspecified atom stereocenters. The minimum Gasteiger partial charge on any atom is -0.389 e. The maximum atomic E-state index is 12.3. The van der Waals surface area contributed by atoms with E-state index in [1.165, 1.54) is 0 Å². The lowest BCUT2D eigenvalue weighted by Crippen LogP contribution is -2.40. The van der Waals surface area contributed by atoms with Crippen molar-refractivity contribution >= 4 is 17.5 Å². The standard InChI is InChI=1S/C16H22N2O3/c1-11(19)14-5-3-4-6-15(14)17-16(21)13-7-9-18(10-8-13)12(2)20/h3-6,11,13,19H,7-10H2,1-2H3,(H,17,21). The second-order valence-electron chi connectivity index (χ2n) is 5.53. The molecule has 0 bridgehead atoms. The smallest absolute Gasteiger partial charge is 0.227 e. The average Bonchev–Trinajstić information content (AvgIpc) is 2.47. The second-order valence-corrected chi connectivity index (χ2v) is 5.53. The highest BCUT2D eigenvalue weighted by Gasteiger charge is 2.26. The molecule has 0 aromatic heterocycles. The van der Waals surface area contributed by atoms with Gasteiger partial charge in [-0.25, -0.2) is 0 Å². The van der Waals surface area contributed by atoms with E-state index in [0.29, 0.717) is 37.2 Å². The fourth-order valence-electron chi connectivity index (χ4n) is 2.67. The van der Waals surface area contributed by atoms with Gasteiger partial charge in [0.25, 0.3) is 0 Å². The number of nitrogens with zero attached hydrogens (tertiary/aromatic N) is 1. The predicted molar refractivity (Wildman–Crippen MR) is 80.7 cm³/mol. The van der Waals surface area contributed by atoms with Crippen LogP contribution in [0.15, 0.2) is 24.3 Å². The van der Waals surface area contributed by atoms with E-state index in [9.17, 15) is 14.7 Å². The molecule has 1 aromatic rings. The summed E-state index contributed by atoms with van der Waals surface area (Å²) in [6.07, 6.45) is 0.742. The summed E-state index contributed by atoms with van der Waals surface area (Å²) in [5.74, 6) is -0.0535. The molecular weight excluding hydrogens is 268 g/mol. The van der Waals surface area contributed by atoms with E-state index in [4.69, 9.17) is 0 Å². The largest absolute Gasteiger partial charge is 0.389 e. The Bertz CT molecular complexity index is 520. The maximum absolute atomic E-state index is 12.3. The molecule has 2 N–H and O–H groups in total. The number of benzene rings is 1. The lowest BCUT2D eigenvalue weighted by Gasteiger charge is -2.30. The van der Waals surface area contributed by atoms with Crippen molar-refractivity contribution in [3.05, 3.63) is 29.8 Å². The number of amides is 2. The zero-order valence-electron chi connectivity index (χ0n) is 12.5. The van der Waals surface area contributed by atoms with E-state index in [0.717, 1.165) is 0 Å². The minimum absolute atomic E-state index is 0.0358. The fraction of sp³-hybridized carbons (Fsp3) is 0.500. The van der Waals surface area contributed by atoms with Crippen LogP contribution in [0.25, 0.3) is 0 Å². The maximum Gasteiger partial charge on any atom is 0.227 e. The molecule has 1 heterocycles. The molecule has 0 aliphatic carbocycles. The molecule has 5 heteroatoms. The number of rotatable bonds is 3. The van der Waals surface area contributed by atoms with Gasteiger partial charge in [0.1, 0.15) is 0 Å². The van der Waals surface area contributed by atoms with Gasteiger partial charge in [0.05, 0.1) is 6.10 Å². The fourth-order valence-corrected chi connectivity index (χ4v) is 2.67. The van der Waals surface area contributed by atoms with Gasteiger partial charge in [-0.3, -0.25) is 9.59 Å². The number of aliphatic hydroxyl groups is 1. The van der Waals surface area contributed by atoms with E-state index in [2.05, 4.69) is 5.32 Å². The van der Waals surface area contributed by atoms with Crippen LogP contribution in [0.1, 0.15) is 38.4 Å². The Morgan fingerprint density at radius 1 is 1.29 bits per heavy atom. The number of carbonyl (C=O) groups is 2. The van der Waals surface area contributed by atoms with Crippen molar-refractivity contribution in [1.82, 2.24) is 4.90 Å². The van der Waals surface area contributed by atoms with E-state index < -0.39 is 6.10 Å². The summed E-state index contributed by atoms with van der Waals surface area (Å²) in [5, 5.41) is 12.6. The summed E-state index contributed by atoms with van der Waals surface area (Å²) >= 11 is 0. The molecule has 2 rings (SSSR count). The molecule has 1 saturated heterocycles. The molecule has 0 spiro atoms. The third kappa shape index (κ3) is 3.82. The van der Waals surface area contributed by atoms with Crippen LogP contribution in [-0.2, 0) is 9.59 Å². The Morgan fingerprint density at radius 3 is 2.48 bits per heavy atom. The Kier molecular flexibility index (Phi) is 4.96. The number of nitrogens with one attached hydrogen (secondary N) is 1. The molecule has 1 aliphatic rings. The number of aliphatic hydroxyl groups excluding tert-OH is 1. The first-order chi connectivity index (χ1) is 9.99. The van der Waals surface area contributed by atoms with Crippen LogP contribution in [0.5, 0.6) is 0 Å². The summed E-state index contributed by atoms with van der Waals surface area (Å²) in [6, 6.07) is 7.27. The Balaban J connectivity index is 1.98. The van der Waals surface area contributed by atoms with Gasteiger partial charge in [0.2, 0.25) is 11.8 Å². The third-order valence-corrected chi connectivity index (χ3v) is 3.98. The van der Waals surface area contributed by atoms with Crippen molar-refractivity contribution in [2.75, 3.05) is 18.4 Å². The molecule has 21 heavy (non-hydrogen) atoms. The Hall–Kier alpha value is -1.88. The first kappa shape index (κ1) is 15.5. The molecule has 5 nitrogen and oxygen atoms in total. The molecule has 0 radical (unpaired) electrons. The third-order valence-electron chi connectivity index (χ3n) is 3.98. The van der Waals surface area contributed by atoms with Crippen molar-refractivity contribution < 1.29 is 14.7 Å². The van der Waals surface area contributed by atoms with E-state index >= 15 is 0 Å². The predicted octanol–water partition coefficient (Wildman–Crippen LogP) is 1.94. The molecule has 1 fully saturated rings. The number of anilines is 1. The number of hydrogen-bond donors (Lipinski definition) is 2. The number of likely N-dealkylation sites (tertiary alicyclic amines) is 1. The van der Waals surface area contributed by atoms with Crippen LogP contribution >= 0.6 is 0 Å².